The van der Waals surface area contributed by atoms with Gasteiger partial charge < -0.3 is 4.90 Å². The second kappa shape index (κ2) is 6.46. The normalized spacial score (nSPS) is 17.3. The Morgan fingerprint density at radius 3 is 2.74 bits per heavy atom. The van der Waals surface area contributed by atoms with Crippen LogP contribution in [0.1, 0.15) is 28.8 Å². The summed E-state index contributed by atoms with van der Waals surface area (Å²) in [5, 5.41) is 2.11. The Hall–Kier alpha value is -1.65. The number of rotatable bonds is 5. The van der Waals surface area contributed by atoms with E-state index in [9.17, 15) is 4.79 Å². The van der Waals surface area contributed by atoms with Crippen molar-refractivity contribution in [3.63, 3.8) is 0 Å². The molecular formula is C19H22N2OS. The van der Waals surface area contributed by atoms with E-state index >= 15 is 0 Å². The first kappa shape index (κ1) is 14.9. The zero-order chi connectivity index (χ0) is 15.6. The van der Waals surface area contributed by atoms with Gasteiger partial charge in [0.1, 0.15) is 0 Å². The molecule has 0 unspecified atom stereocenters. The van der Waals surface area contributed by atoms with Gasteiger partial charge in [-0.25, -0.2) is 0 Å². The van der Waals surface area contributed by atoms with Gasteiger partial charge >= 0.3 is 0 Å². The van der Waals surface area contributed by atoms with E-state index in [4.69, 9.17) is 0 Å². The molecule has 2 heterocycles. The SMILES string of the molecule is O=C(CN(Cc1cccs1)C1CC1)N1CCc2ccccc2C1. The third-order valence-corrected chi connectivity index (χ3v) is 5.69. The van der Waals surface area contributed by atoms with Crippen LogP contribution in [0.25, 0.3) is 0 Å². The summed E-state index contributed by atoms with van der Waals surface area (Å²) >= 11 is 1.78. The van der Waals surface area contributed by atoms with E-state index in [0.717, 1.165) is 26.1 Å². The first-order valence-corrected chi connectivity index (χ1v) is 9.28. The molecule has 1 saturated carbocycles. The van der Waals surface area contributed by atoms with Crippen molar-refractivity contribution in [2.24, 2.45) is 0 Å². The molecule has 2 aliphatic rings. The van der Waals surface area contributed by atoms with E-state index < -0.39 is 0 Å². The van der Waals surface area contributed by atoms with Crippen LogP contribution in [0.5, 0.6) is 0 Å². The Labute approximate surface area is 141 Å². The molecule has 3 nitrogen and oxygen atoms in total. The van der Waals surface area contributed by atoms with Crippen LogP contribution < -0.4 is 0 Å². The number of carbonyl (C=O) groups excluding carboxylic acids is 1. The van der Waals surface area contributed by atoms with E-state index in [2.05, 4.69) is 46.7 Å². The molecule has 1 aromatic carbocycles. The average Bonchev–Trinajstić information content (AvgIpc) is 3.31. The number of carbonyl (C=O) groups is 1. The lowest BCUT2D eigenvalue weighted by Gasteiger charge is -2.31. The van der Waals surface area contributed by atoms with Crippen LogP contribution in [0.15, 0.2) is 41.8 Å². The van der Waals surface area contributed by atoms with Crippen LogP contribution in [0.3, 0.4) is 0 Å². The van der Waals surface area contributed by atoms with Crippen molar-refractivity contribution in [1.29, 1.82) is 0 Å². The average molecular weight is 326 g/mol. The molecule has 23 heavy (non-hydrogen) atoms. The van der Waals surface area contributed by atoms with Crippen LogP contribution in [-0.4, -0.2) is 34.8 Å². The van der Waals surface area contributed by atoms with Crippen LogP contribution in [0.2, 0.25) is 0 Å². The molecule has 0 N–H and O–H groups in total. The second-order valence-electron chi connectivity index (χ2n) is 6.55. The molecule has 0 radical (unpaired) electrons. The summed E-state index contributed by atoms with van der Waals surface area (Å²) in [6.45, 7) is 3.10. The van der Waals surface area contributed by atoms with Crippen molar-refractivity contribution in [2.45, 2.75) is 38.4 Å². The number of hydrogen-bond donors (Lipinski definition) is 0. The van der Waals surface area contributed by atoms with Crippen LogP contribution >= 0.6 is 11.3 Å². The van der Waals surface area contributed by atoms with Crippen LogP contribution in [0.4, 0.5) is 0 Å². The van der Waals surface area contributed by atoms with E-state index in [1.807, 2.05) is 4.90 Å². The summed E-state index contributed by atoms with van der Waals surface area (Å²) in [6.07, 6.45) is 3.46. The fraction of sp³-hybridized carbons (Fsp3) is 0.421. The quantitative estimate of drug-likeness (QED) is 0.842. The van der Waals surface area contributed by atoms with Crippen molar-refractivity contribution in [2.75, 3.05) is 13.1 Å². The maximum absolute atomic E-state index is 12.8. The first-order valence-electron chi connectivity index (χ1n) is 8.40. The van der Waals surface area contributed by atoms with Crippen molar-refractivity contribution < 1.29 is 4.79 Å². The molecule has 0 spiro atoms. The van der Waals surface area contributed by atoms with Gasteiger partial charge in [0.05, 0.1) is 6.54 Å². The number of hydrogen-bond acceptors (Lipinski definition) is 3. The van der Waals surface area contributed by atoms with Gasteiger partial charge in [-0.1, -0.05) is 30.3 Å². The molecule has 2 aromatic rings. The number of nitrogens with zero attached hydrogens (tertiary/aromatic N) is 2. The Morgan fingerprint density at radius 2 is 2.00 bits per heavy atom. The number of benzene rings is 1. The molecular weight excluding hydrogens is 304 g/mol. The fourth-order valence-electron chi connectivity index (χ4n) is 3.34. The highest BCUT2D eigenvalue weighted by Crippen LogP contribution is 2.29. The van der Waals surface area contributed by atoms with Crippen LogP contribution in [-0.2, 0) is 24.3 Å². The van der Waals surface area contributed by atoms with Gasteiger partial charge in [-0.15, -0.1) is 11.3 Å². The lowest BCUT2D eigenvalue weighted by Crippen LogP contribution is -2.43. The van der Waals surface area contributed by atoms with E-state index in [0.29, 0.717) is 12.6 Å². The van der Waals surface area contributed by atoms with Gasteiger partial charge in [-0.2, -0.15) is 0 Å². The highest BCUT2D eigenvalue weighted by molar-refractivity contribution is 7.09. The van der Waals surface area contributed by atoms with E-state index in [-0.39, 0.29) is 5.91 Å². The minimum atomic E-state index is 0.281. The monoisotopic (exact) mass is 326 g/mol. The van der Waals surface area contributed by atoms with Crippen molar-refractivity contribution in [1.82, 2.24) is 9.80 Å². The minimum absolute atomic E-state index is 0.281. The van der Waals surface area contributed by atoms with Crippen molar-refractivity contribution >= 4 is 17.2 Å². The Morgan fingerprint density at radius 1 is 1.17 bits per heavy atom. The third-order valence-electron chi connectivity index (χ3n) is 4.82. The maximum atomic E-state index is 12.8. The van der Waals surface area contributed by atoms with Gasteiger partial charge in [0, 0.05) is 30.6 Å². The smallest absolute Gasteiger partial charge is 0.237 e. The molecule has 4 heteroatoms. The lowest BCUT2D eigenvalue weighted by atomic mass is 10.00. The number of fused-ring (bicyclic) bond motifs is 1. The highest BCUT2D eigenvalue weighted by Gasteiger charge is 2.32. The maximum Gasteiger partial charge on any atom is 0.237 e. The minimum Gasteiger partial charge on any atom is -0.337 e. The van der Waals surface area contributed by atoms with Gasteiger partial charge in [0.15, 0.2) is 0 Å². The van der Waals surface area contributed by atoms with Gasteiger partial charge in [-0.3, -0.25) is 9.69 Å². The first-order chi connectivity index (χ1) is 11.3. The predicted molar refractivity (Wildman–Crippen MR) is 93.3 cm³/mol. The molecule has 4 rings (SSSR count). The molecule has 1 amide bonds. The van der Waals surface area contributed by atoms with E-state index in [1.165, 1.54) is 28.8 Å². The molecule has 1 fully saturated rings. The van der Waals surface area contributed by atoms with Crippen molar-refractivity contribution in [3.8, 4) is 0 Å². The molecule has 1 aromatic heterocycles. The van der Waals surface area contributed by atoms with Gasteiger partial charge in [0.25, 0.3) is 0 Å². The predicted octanol–water partition coefficient (Wildman–Crippen LogP) is 3.30. The fourth-order valence-corrected chi connectivity index (χ4v) is 4.07. The molecule has 1 aliphatic heterocycles. The van der Waals surface area contributed by atoms with Crippen molar-refractivity contribution in [3.05, 3.63) is 57.8 Å². The number of thiophene rings is 1. The Kier molecular flexibility index (Phi) is 4.19. The highest BCUT2D eigenvalue weighted by atomic mass is 32.1. The summed E-state index contributed by atoms with van der Waals surface area (Å²) in [5.41, 5.74) is 2.71. The molecule has 0 saturated heterocycles. The number of amides is 1. The summed E-state index contributed by atoms with van der Waals surface area (Å²) in [6, 6.07) is 13.4. The molecule has 120 valence electrons. The summed E-state index contributed by atoms with van der Waals surface area (Å²) in [4.78, 5) is 18.5. The Bertz CT molecular complexity index is 678. The third kappa shape index (κ3) is 3.48. The largest absolute Gasteiger partial charge is 0.337 e. The van der Waals surface area contributed by atoms with Gasteiger partial charge in [0.2, 0.25) is 5.91 Å². The van der Waals surface area contributed by atoms with Crippen LogP contribution in [0, 0.1) is 0 Å². The molecule has 0 atom stereocenters. The van der Waals surface area contributed by atoms with Gasteiger partial charge in [-0.05, 0) is 41.8 Å². The second-order valence-corrected chi connectivity index (χ2v) is 7.58. The molecule has 0 bridgehead atoms. The summed E-state index contributed by atoms with van der Waals surface area (Å²) in [7, 11) is 0. The zero-order valence-corrected chi connectivity index (χ0v) is 14.1. The standard InChI is InChI=1S/C19H22N2OS/c22-19(20-10-9-15-4-1-2-5-16(15)12-20)14-21(17-7-8-17)13-18-6-3-11-23-18/h1-6,11,17H,7-10,12-14H2. The summed E-state index contributed by atoms with van der Waals surface area (Å²) in [5.74, 6) is 0.281. The molecule has 1 aliphatic carbocycles. The lowest BCUT2D eigenvalue weighted by molar-refractivity contribution is -0.133. The Balaban J connectivity index is 1.40. The van der Waals surface area contributed by atoms with E-state index in [1.54, 1.807) is 11.3 Å². The topological polar surface area (TPSA) is 23.6 Å². The zero-order valence-electron chi connectivity index (χ0n) is 13.3. The summed E-state index contributed by atoms with van der Waals surface area (Å²) < 4.78 is 0.